The van der Waals surface area contributed by atoms with Crippen molar-refractivity contribution in [2.24, 2.45) is 0 Å². The van der Waals surface area contributed by atoms with E-state index in [0.29, 0.717) is 0 Å². The Morgan fingerprint density at radius 3 is 1.70 bits per heavy atom. The van der Waals surface area contributed by atoms with E-state index in [-0.39, 0.29) is 0 Å². The van der Waals surface area contributed by atoms with Gasteiger partial charge in [-0.1, -0.05) is 92.5 Å². The van der Waals surface area contributed by atoms with Gasteiger partial charge < -0.3 is 0 Å². The standard InChI is InChI=1S/C18H12Br2/c19-16-11-6-12-17(20)18(16)15-10-5-4-9-14(15)13-7-2-1-3-8-13/h1-12H. The normalized spacial score (nSPS) is 10.5. The lowest BCUT2D eigenvalue weighted by Gasteiger charge is -2.13. The summed E-state index contributed by atoms with van der Waals surface area (Å²) < 4.78 is 2.19. The zero-order chi connectivity index (χ0) is 13.9. The van der Waals surface area contributed by atoms with Crippen LogP contribution in [0.5, 0.6) is 0 Å². The summed E-state index contributed by atoms with van der Waals surface area (Å²) in [6, 6.07) is 25.1. The van der Waals surface area contributed by atoms with Crippen LogP contribution in [0.2, 0.25) is 0 Å². The van der Waals surface area contributed by atoms with Gasteiger partial charge in [0.15, 0.2) is 0 Å². The van der Waals surface area contributed by atoms with Gasteiger partial charge in [0.25, 0.3) is 0 Å². The fourth-order valence-corrected chi connectivity index (χ4v) is 3.75. The van der Waals surface area contributed by atoms with Gasteiger partial charge in [-0.3, -0.25) is 0 Å². The van der Waals surface area contributed by atoms with Crippen molar-refractivity contribution in [1.82, 2.24) is 0 Å². The van der Waals surface area contributed by atoms with E-state index in [2.05, 4.69) is 92.5 Å². The molecule has 3 aromatic rings. The van der Waals surface area contributed by atoms with Crippen molar-refractivity contribution in [1.29, 1.82) is 0 Å². The molecular formula is C18H12Br2. The Labute approximate surface area is 135 Å². The van der Waals surface area contributed by atoms with Crippen molar-refractivity contribution >= 4 is 31.9 Å². The Hall–Kier alpha value is -1.38. The van der Waals surface area contributed by atoms with E-state index < -0.39 is 0 Å². The van der Waals surface area contributed by atoms with Gasteiger partial charge in [-0.25, -0.2) is 0 Å². The minimum atomic E-state index is 1.09. The lowest BCUT2D eigenvalue weighted by molar-refractivity contribution is 1.53. The van der Waals surface area contributed by atoms with Crippen molar-refractivity contribution in [2.45, 2.75) is 0 Å². The SMILES string of the molecule is Brc1cccc(Br)c1-c1ccccc1-c1ccccc1. The predicted molar refractivity (Wildman–Crippen MR) is 92.7 cm³/mol. The summed E-state index contributed by atoms with van der Waals surface area (Å²) in [4.78, 5) is 0. The molecule has 0 fully saturated rings. The largest absolute Gasteiger partial charge is 0.0622 e. The second kappa shape index (κ2) is 5.94. The summed E-state index contributed by atoms with van der Waals surface area (Å²) in [5.41, 5.74) is 4.87. The predicted octanol–water partition coefficient (Wildman–Crippen LogP) is 6.55. The van der Waals surface area contributed by atoms with E-state index >= 15 is 0 Å². The van der Waals surface area contributed by atoms with E-state index in [1.54, 1.807) is 0 Å². The zero-order valence-corrected chi connectivity index (χ0v) is 13.9. The van der Waals surface area contributed by atoms with Crippen LogP contribution in [-0.4, -0.2) is 0 Å². The van der Waals surface area contributed by atoms with Gasteiger partial charge in [-0.15, -0.1) is 0 Å². The Kier molecular flexibility index (Phi) is 4.04. The van der Waals surface area contributed by atoms with Crippen LogP contribution < -0.4 is 0 Å². The van der Waals surface area contributed by atoms with Crippen LogP contribution in [0.4, 0.5) is 0 Å². The third-order valence-corrected chi connectivity index (χ3v) is 4.57. The van der Waals surface area contributed by atoms with Crippen LogP contribution in [0.1, 0.15) is 0 Å². The molecule has 0 aliphatic rings. The fourth-order valence-electron chi connectivity index (χ4n) is 2.33. The van der Waals surface area contributed by atoms with E-state index in [9.17, 15) is 0 Å². The first kappa shape index (κ1) is 13.6. The molecule has 0 spiro atoms. The first-order chi connectivity index (χ1) is 9.77. The lowest BCUT2D eigenvalue weighted by atomic mass is 9.95. The molecule has 0 nitrogen and oxygen atoms in total. The van der Waals surface area contributed by atoms with Gasteiger partial charge in [0, 0.05) is 14.5 Å². The highest BCUT2D eigenvalue weighted by molar-refractivity contribution is 9.11. The van der Waals surface area contributed by atoms with E-state index in [1.165, 1.54) is 22.3 Å². The van der Waals surface area contributed by atoms with Gasteiger partial charge in [0.1, 0.15) is 0 Å². The third-order valence-electron chi connectivity index (χ3n) is 3.24. The van der Waals surface area contributed by atoms with Crippen LogP contribution in [0, 0.1) is 0 Å². The summed E-state index contributed by atoms with van der Waals surface area (Å²) in [5.74, 6) is 0. The van der Waals surface area contributed by atoms with Crippen molar-refractivity contribution in [3.8, 4) is 22.3 Å². The van der Waals surface area contributed by atoms with Crippen molar-refractivity contribution < 1.29 is 0 Å². The molecule has 0 radical (unpaired) electrons. The van der Waals surface area contributed by atoms with Gasteiger partial charge in [-0.2, -0.15) is 0 Å². The lowest BCUT2D eigenvalue weighted by Crippen LogP contribution is -1.87. The minimum Gasteiger partial charge on any atom is -0.0622 e. The number of hydrogen-bond acceptors (Lipinski definition) is 0. The average molecular weight is 388 g/mol. The third kappa shape index (κ3) is 2.58. The van der Waals surface area contributed by atoms with Gasteiger partial charge >= 0.3 is 0 Å². The Morgan fingerprint density at radius 2 is 1.05 bits per heavy atom. The molecule has 0 N–H and O–H groups in total. The quantitative estimate of drug-likeness (QED) is 0.467. The van der Waals surface area contributed by atoms with Crippen LogP contribution in [0.3, 0.4) is 0 Å². The summed E-state index contributed by atoms with van der Waals surface area (Å²) in [5, 5.41) is 0. The second-order valence-electron chi connectivity index (χ2n) is 4.51. The summed E-state index contributed by atoms with van der Waals surface area (Å²) in [6.07, 6.45) is 0. The zero-order valence-electron chi connectivity index (χ0n) is 10.7. The number of rotatable bonds is 2. The summed E-state index contributed by atoms with van der Waals surface area (Å²) in [6.45, 7) is 0. The first-order valence-corrected chi connectivity index (χ1v) is 7.95. The highest BCUT2D eigenvalue weighted by atomic mass is 79.9. The highest BCUT2D eigenvalue weighted by Crippen LogP contribution is 2.40. The van der Waals surface area contributed by atoms with Gasteiger partial charge in [0.2, 0.25) is 0 Å². The van der Waals surface area contributed by atoms with Crippen molar-refractivity contribution in [3.05, 3.63) is 81.7 Å². The number of benzene rings is 3. The fraction of sp³-hybridized carbons (Fsp3) is 0. The maximum absolute atomic E-state index is 3.66. The highest BCUT2D eigenvalue weighted by Gasteiger charge is 2.12. The number of halogens is 2. The Morgan fingerprint density at radius 1 is 0.500 bits per heavy atom. The molecule has 0 atom stereocenters. The molecule has 0 saturated heterocycles. The maximum Gasteiger partial charge on any atom is 0.0265 e. The molecule has 0 bridgehead atoms. The van der Waals surface area contributed by atoms with Gasteiger partial charge in [-0.05, 0) is 28.8 Å². The first-order valence-electron chi connectivity index (χ1n) is 6.36. The van der Waals surface area contributed by atoms with Crippen LogP contribution >= 0.6 is 31.9 Å². The molecule has 0 amide bonds. The van der Waals surface area contributed by atoms with Crippen LogP contribution in [0.15, 0.2) is 81.7 Å². The molecule has 0 aromatic heterocycles. The molecule has 2 heteroatoms. The molecule has 3 rings (SSSR count). The second-order valence-corrected chi connectivity index (χ2v) is 6.22. The molecular weight excluding hydrogens is 376 g/mol. The molecule has 20 heavy (non-hydrogen) atoms. The van der Waals surface area contributed by atoms with E-state index in [0.717, 1.165) is 8.95 Å². The molecule has 0 aliphatic carbocycles. The molecule has 0 saturated carbocycles. The van der Waals surface area contributed by atoms with E-state index in [4.69, 9.17) is 0 Å². The monoisotopic (exact) mass is 386 g/mol. The van der Waals surface area contributed by atoms with Crippen LogP contribution in [0.25, 0.3) is 22.3 Å². The van der Waals surface area contributed by atoms with Crippen molar-refractivity contribution in [2.75, 3.05) is 0 Å². The van der Waals surface area contributed by atoms with E-state index in [1.807, 2.05) is 12.1 Å². The van der Waals surface area contributed by atoms with Crippen molar-refractivity contribution in [3.63, 3.8) is 0 Å². The molecule has 0 aliphatic heterocycles. The topological polar surface area (TPSA) is 0 Å². The molecule has 98 valence electrons. The Bertz CT molecular complexity index is 713. The smallest absolute Gasteiger partial charge is 0.0265 e. The van der Waals surface area contributed by atoms with Gasteiger partial charge in [0.05, 0.1) is 0 Å². The summed E-state index contributed by atoms with van der Waals surface area (Å²) in [7, 11) is 0. The number of hydrogen-bond donors (Lipinski definition) is 0. The maximum atomic E-state index is 3.66. The Balaban J connectivity index is 2.26. The summed E-state index contributed by atoms with van der Waals surface area (Å²) >= 11 is 7.32. The van der Waals surface area contributed by atoms with Crippen LogP contribution in [-0.2, 0) is 0 Å². The molecule has 0 unspecified atom stereocenters. The molecule has 0 heterocycles. The average Bonchev–Trinajstić information content (AvgIpc) is 2.48. The molecule has 3 aromatic carbocycles. The minimum absolute atomic E-state index is 1.09.